The summed E-state index contributed by atoms with van der Waals surface area (Å²) in [4.78, 5) is 5.63. The minimum absolute atomic E-state index is 0.227. The molecule has 32 heavy (non-hydrogen) atoms. The summed E-state index contributed by atoms with van der Waals surface area (Å²) in [6.45, 7) is 6.45. The number of nitrogens with zero attached hydrogens (tertiary/aromatic N) is 1. The van der Waals surface area contributed by atoms with Gasteiger partial charge in [-0.1, -0.05) is 46.8 Å². The predicted molar refractivity (Wildman–Crippen MR) is 124 cm³/mol. The van der Waals surface area contributed by atoms with E-state index in [0.717, 1.165) is 16.7 Å². The van der Waals surface area contributed by atoms with Crippen LogP contribution in [0.2, 0.25) is 0 Å². The van der Waals surface area contributed by atoms with E-state index in [0.29, 0.717) is 6.61 Å². The Bertz CT molecular complexity index is 929. The van der Waals surface area contributed by atoms with E-state index in [1.165, 1.54) is 5.56 Å². The highest BCUT2D eigenvalue weighted by atomic mass is 16.8. The number of methoxy groups -OCH3 is 2. The monoisotopic (exact) mass is 437 g/mol. The molecule has 1 heterocycles. The predicted octanol–water partition coefficient (Wildman–Crippen LogP) is 3.93. The summed E-state index contributed by atoms with van der Waals surface area (Å²) < 4.78 is 22.9. The van der Waals surface area contributed by atoms with Crippen LogP contribution in [0.5, 0.6) is 0 Å². The SMILES string of the molecule is CCOC1C(OC)C(C)OC(ON=Cc2ccc(C#Cc3ccc(C)cc3)cc2)C1OC. The molecule has 0 radical (unpaired) electrons. The quantitative estimate of drug-likeness (QED) is 0.373. The number of oxime groups is 1. The Kier molecular flexibility index (Phi) is 8.83. The van der Waals surface area contributed by atoms with E-state index in [-0.39, 0.29) is 18.3 Å². The molecule has 1 fully saturated rings. The second kappa shape index (κ2) is 11.8. The third-order valence-electron chi connectivity index (χ3n) is 5.31. The van der Waals surface area contributed by atoms with Crippen molar-refractivity contribution in [2.75, 3.05) is 20.8 Å². The van der Waals surface area contributed by atoms with Gasteiger partial charge < -0.3 is 23.8 Å². The lowest BCUT2D eigenvalue weighted by Gasteiger charge is -2.42. The first-order chi connectivity index (χ1) is 15.5. The maximum atomic E-state index is 5.92. The van der Waals surface area contributed by atoms with Crippen LogP contribution < -0.4 is 0 Å². The smallest absolute Gasteiger partial charge is 0.256 e. The van der Waals surface area contributed by atoms with Crippen LogP contribution in [0.4, 0.5) is 0 Å². The maximum Gasteiger partial charge on any atom is 0.256 e. The zero-order valence-electron chi connectivity index (χ0n) is 19.3. The number of rotatable bonds is 7. The van der Waals surface area contributed by atoms with Gasteiger partial charge in [0.1, 0.15) is 12.2 Å². The third kappa shape index (κ3) is 6.18. The van der Waals surface area contributed by atoms with Gasteiger partial charge in [-0.25, -0.2) is 0 Å². The average Bonchev–Trinajstić information content (AvgIpc) is 2.80. The highest BCUT2D eigenvalue weighted by molar-refractivity contribution is 5.79. The highest BCUT2D eigenvalue weighted by Gasteiger charge is 2.47. The van der Waals surface area contributed by atoms with Crippen LogP contribution in [0.3, 0.4) is 0 Å². The van der Waals surface area contributed by atoms with Gasteiger partial charge in [-0.3, -0.25) is 0 Å². The molecule has 1 saturated heterocycles. The Morgan fingerprint density at radius 3 is 2.06 bits per heavy atom. The molecule has 0 bridgehead atoms. The molecule has 1 aliphatic rings. The van der Waals surface area contributed by atoms with Gasteiger partial charge in [0.2, 0.25) is 0 Å². The van der Waals surface area contributed by atoms with Crippen LogP contribution in [0, 0.1) is 18.8 Å². The van der Waals surface area contributed by atoms with Crippen molar-refractivity contribution in [3.63, 3.8) is 0 Å². The Morgan fingerprint density at radius 1 is 0.906 bits per heavy atom. The number of benzene rings is 2. The standard InChI is InChI=1S/C26H31NO5/c1-6-30-24-23(28-4)19(3)31-26(25(24)29-5)32-27-17-22-15-13-21(14-16-22)12-11-20-9-7-18(2)8-10-20/h7-10,13-17,19,23-26H,6H2,1-5H3. The Balaban J connectivity index is 1.62. The van der Waals surface area contributed by atoms with Crippen molar-refractivity contribution in [2.45, 2.75) is 51.5 Å². The van der Waals surface area contributed by atoms with Gasteiger partial charge in [0.15, 0.2) is 6.10 Å². The summed E-state index contributed by atoms with van der Waals surface area (Å²) in [5.74, 6) is 6.34. The van der Waals surface area contributed by atoms with E-state index in [2.05, 4.69) is 36.1 Å². The molecule has 3 rings (SSSR count). The van der Waals surface area contributed by atoms with Crippen LogP contribution in [-0.4, -0.2) is 57.7 Å². The number of hydrogen-bond donors (Lipinski definition) is 0. The molecule has 0 N–H and O–H groups in total. The first-order valence-corrected chi connectivity index (χ1v) is 10.8. The summed E-state index contributed by atoms with van der Waals surface area (Å²) in [7, 11) is 3.23. The minimum Gasteiger partial charge on any atom is -0.376 e. The number of hydrogen-bond acceptors (Lipinski definition) is 6. The number of aryl methyl sites for hydroxylation is 1. The average molecular weight is 438 g/mol. The van der Waals surface area contributed by atoms with Gasteiger partial charge in [-0.15, -0.1) is 0 Å². The molecule has 2 aromatic rings. The molecule has 6 heteroatoms. The van der Waals surface area contributed by atoms with Crippen LogP contribution in [-0.2, 0) is 23.8 Å². The lowest BCUT2D eigenvalue weighted by molar-refractivity contribution is -0.308. The van der Waals surface area contributed by atoms with Gasteiger partial charge in [-0.2, -0.15) is 0 Å². The van der Waals surface area contributed by atoms with Crippen molar-refractivity contribution in [1.82, 2.24) is 0 Å². The fourth-order valence-corrected chi connectivity index (χ4v) is 3.60. The molecule has 5 atom stereocenters. The van der Waals surface area contributed by atoms with Gasteiger partial charge in [0.25, 0.3) is 6.29 Å². The van der Waals surface area contributed by atoms with Gasteiger partial charge in [0, 0.05) is 32.0 Å². The fourth-order valence-electron chi connectivity index (χ4n) is 3.60. The van der Waals surface area contributed by atoms with Crippen molar-refractivity contribution in [1.29, 1.82) is 0 Å². The number of ether oxygens (including phenoxy) is 4. The Morgan fingerprint density at radius 2 is 1.50 bits per heavy atom. The van der Waals surface area contributed by atoms with Crippen molar-refractivity contribution < 1.29 is 23.8 Å². The van der Waals surface area contributed by atoms with Gasteiger partial charge in [-0.05, 0) is 50.6 Å². The first kappa shape index (κ1) is 24.0. The zero-order valence-corrected chi connectivity index (χ0v) is 19.3. The van der Waals surface area contributed by atoms with E-state index < -0.39 is 12.4 Å². The van der Waals surface area contributed by atoms with E-state index in [1.54, 1.807) is 20.4 Å². The lowest BCUT2D eigenvalue weighted by Crippen LogP contribution is -2.59. The normalized spacial score (nSPS) is 25.3. The molecule has 6 nitrogen and oxygen atoms in total. The van der Waals surface area contributed by atoms with E-state index in [4.69, 9.17) is 23.8 Å². The summed E-state index contributed by atoms with van der Waals surface area (Å²) in [6, 6.07) is 15.9. The summed E-state index contributed by atoms with van der Waals surface area (Å²) in [5, 5.41) is 4.11. The van der Waals surface area contributed by atoms with E-state index in [1.807, 2.05) is 50.2 Å². The summed E-state index contributed by atoms with van der Waals surface area (Å²) >= 11 is 0. The van der Waals surface area contributed by atoms with Crippen LogP contribution in [0.25, 0.3) is 0 Å². The van der Waals surface area contributed by atoms with Crippen molar-refractivity contribution in [2.24, 2.45) is 5.16 Å². The minimum atomic E-state index is -0.700. The topological polar surface area (TPSA) is 58.5 Å². The summed E-state index contributed by atoms with van der Waals surface area (Å²) in [6.07, 6.45) is -0.325. The second-order valence-electron chi connectivity index (χ2n) is 7.61. The molecule has 0 spiro atoms. The maximum absolute atomic E-state index is 5.92. The lowest BCUT2D eigenvalue weighted by atomic mass is 9.99. The van der Waals surface area contributed by atoms with Crippen LogP contribution in [0.1, 0.15) is 36.1 Å². The molecular formula is C26H31NO5. The summed E-state index contributed by atoms with van der Waals surface area (Å²) in [5.41, 5.74) is 4.03. The molecule has 1 aliphatic heterocycles. The van der Waals surface area contributed by atoms with Crippen molar-refractivity contribution in [3.8, 4) is 11.8 Å². The van der Waals surface area contributed by atoms with Crippen molar-refractivity contribution >= 4 is 6.21 Å². The molecule has 0 aliphatic carbocycles. The van der Waals surface area contributed by atoms with Gasteiger partial charge >= 0.3 is 0 Å². The van der Waals surface area contributed by atoms with E-state index in [9.17, 15) is 0 Å². The highest BCUT2D eigenvalue weighted by Crippen LogP contribution is 2.28. The zero-order chi connectivity index (χ0) is 22.9. The fraction of sp³-hybridized carbons (Fsp3) is 0.423. The first-order valence-electron chi connectivity index (χ1n) is 10.8. The Hall–Kier alpha value is -2.69. The molecule has 0 amide bonds. The van der Waals surface area contributed by atoms with Crippen molar-refractivity contribution in [3.05, 3.63) is 70.8 Å². The Labute approximate surface area is 190 Å². The molecular weight excluding hydrogens is 406 g/mol. The molecule has 170 valence electrons. The van der Waals surface area contributed by atoms with Gasteiger partial charge in [0.05, 0.1) is 12.3 Å². The largest absolute Gasteiger partial charge is 0.376 e. The molecule has 0 aromatic heterocycles. The molecule has 5 unspecified atom stereocenters. The van der Waals surface area contributed by atoms with Crippen LogP contribution >= 0.6 is 0 Å². The molecule has 0 saturated carbocycles. The molecule has 2 aromatic carbocycles. The second-order valence-corrected chi connectivity index (χ2v) is 7.61. The van der Waals surface area contributed by atoms with E-state index >= 15 is 0 Å². The van der Waals surface area contributed by atoms with Crippen LogP contribution in [0.15, 0.2) is 53.7 Å². The third-order valence-corrected chi connectivity index (χ3v) is 5.31.